The van der Waals surface area contributed by atoms with Gasteiger partial charge in [0.15, 0.2) is 0 Å². The van der Waals surface area contributed by atoms with E-state index in [1.807, 2.05) is 0 Å². The minimum Gasteiger partial charge on any atom is -0.304 e. The molecule has 0 saturated carbocycles. The fourth-order valence-electron chi connectivity index (χ4n) is 1.72. The highest BCUT2D eigenvalue weighted by Crippen LogP contribution is 2.66. The molecule has 0 aromatic heterocycles. The lowest BCUT2D eigenvalue weighted by molar-refractivity contribution is 0.0360. The number of hydrogen-bond acceptors (Lipinski definition) is 3. The zero-order valence-electron chi connectivity index (χ0n) is 11.8. The van der Waals surface area contributed by atoms with Crippen LogP contribution in [-0.4, -0.2) is 13.2 Å². The molecule has 0 spiro atoms. The molecule has 0 radical (unpaired) electrons. The number of hydrogen-bond donors (Lipinski definition) is 0. The molecule has 0 fully saturated rings. The van der Waals surface area contributed by atoms with Crippen molar-refractivity contribution < 1.29 is 22.4 Å². The van der Waals surface area contributed by atoms with E-state index in [9.17, 15) is 13.3 Å². The zero-order chi connectivity index (χ0) is 15.2. The summed E-state index contributed by atoms with van der Waals surface area (Å²) in [6.07, 6.45) is 3.42. The molecule has 1 aromatic rings. The van der Waals surface area contributed by atoms with Crippen LogP contribution in [0.5, 0.6) is 0 Å². The largest absolute Gasteiger partial charge is 0.404 e. The normalized spacial score (nSPS) is 13.1. The van der Waals surface area contributed by atoms with Gasteiger partial charge in [0.1, 0.15) is 0 Å². The third-order valence-electron chi connectivity index (χ3n) is 2.54. The van der Waals surface area contributed by atoms with E-state index in [-0.39, 0.29) is 18.8 Å². The van der Waals surface area contributed by atoms with E-state index in [0.717, 1.165) is 0 Å². The lowest BCUT2D eigenvalue weighted by atomic mass is 10.1. The van der Waals surface area contributed by atoms with Crippen molar-refractivity contribution in [1.29, 1.82) is 0 Å². The average molecular weight is 304 g/mol. The summed E-state index contributed by atoms with van der Waals surface area (Å²) in [4.78, 5) is 0. The summed E-state index contributed by atoms with van der Waals surface area (Å²) in [6, 6.07) is 5.68. The number of rotatable bonds is 7. The molecule has 0 saturated heterocycles. The first kappa shape index (κ1) is 17.0. The van der Waals surface area contributed by atoms with Crippen LogP contribution in [0, 0.1) is 0 Å². The Balaban J connectivity index is 3.25. The average Bonchev–Trinajstić information content (AvgIpc) is 2.40. The molecule has 0 aliphatic carbocycles. The van der Waals surface area contributed by atoms with Gasteiger partial charge in [0.25, 0.3) is 0 Å². The second-order valence-electron chi connectivity index (χ2n) is 4.00. The molecule has 20 heavy (non-hydrogen) atoms. The molecule has 0 aliphatic heterocycles. The van der Waals surface area contributed by atoms with Crippen LogP contribution in [0.4, 0.5) is 8.78 Å². The Kier molecular flexibility index (Phi) is 6.06. The molecule has 0 unspecified atom stereocenters. The van der Waals surface area contributed by atoms with E-state index < -0.39 is 13.3 Å². The van der Waals surface area contributed by atoms with E-state index in [0.29, 0.717) is 5.56 Å². The van der Waals surface area contributed by atoms with Crippen molar-refractivity contribution in [3.63, 3.8) is 0 Å². The minimum atomic E-state index is -4.54. The lowest BCUT2D eigenvalue weighted by Crippen LogP contribution is -2.18. The molecular formula is C14H19F2O3P. The maximum absolute atomic E-state index is 14.5. The Morgan fingerprint density at radius 1 is 1.25 bits per heavy atom. The van der Waals surface area contributed by atoms with E-state index >= 15 is 0 Å². The fourth-order valence-corrected chi connectivity index (χ4v) is 3.25. The van der Waals surface area contributed by atoms with Gasteiger partial charge in [-0.05, 0) is 32.4 Å². The smallest absolute Gasteiger partial charge is 0.304 e. The van der Waals surface area contributed by atoms with E-state index in [1.165, 1.54) is 32.0 Å². The van der Waals surface area contributed by atoms with Crippen molar-refractivity contribution in [3.05, 3.63) is 41.5 Å². The molecular weight excluding hydrogens is 285 g/mol. The minimum absolute atomic E-state index is 0.110. The maximum Gasteiger partial charge on any atom is 0.404 e. The van der Waals surface area contributed by atoms with Crippen LogP contribution >= 0.6 is 7.60 Å². The van der Waals surface area contributed by atoms with Crippen molar-refractivity contribution in [2.24, 2.45) is 0 Å². The predicted octanol–water partition coefficient (Wildman–Crippen LogP) is 5.04. The summed E-state index contributed by atoms with van der Waals surface area (Å²) in [6.45, 7) is 4.56. The topological polar surface area (TPSA) is 35.5 Å². The highest BCUT2D eigenvalue weighted by atomic mass is 31.2. The molecule has 1 rings (SSSR count). The van der Waals surface area contributed by atoms with E-state index in [4.69, 9.17) is 9.05 Å². The van der Waals surface area contributed by atoms with Crippen LogP contribution in [0.1, 0.15) is 31.9 Å². The summed E-state index contributed by atoms with van der Waals surface area (Å²) < 4.78 is 50.7. The SMILES string of the molecule is C/C=C\c1cccc(C(F)(F)P(=O)(OCC)OCC)c1. The van der Waals surface area contributed by atoms with Crippen LogP contribution in [-0.2, 0) is 19.3 Å². The van der Waals surface area contributed by atoms with Crippen LogP contribution in [0.15, 0.2) is 30.3 Å². The molecule has 0 aliphatic rings. The molecule has 112 valence electrons. The summed E-state index contributed by atoms with van der Waals surface area (Å²) in [5, 5.41) is 0. The summed E-state index contributed by atoms with van der Waals surface area (Å²) in [5.41, 5.74) is -3.46. The standard InChI is InChI=1S/C14H19F2O3P/c1-4-8-12-9-7-10-13(11-12)14(15,16)20(17,18-5-2)19-6-3/h4,7-11H,5-6H2,1-3H3/b8-4-. The fraction of sp³-hybridized carbons (Fsp3) is 0.429. The zero-order valence-corrected chi connectivity index (χ0v) is 12.7. The van der Waals surface area contributed by atoms with Gasteiger partial charge in [-0.25, -0.2) is 0 Å². The third-order valence-corrected chi connectivity index (χ3v) is 4.68. The number of alkyl halides is 2. The van der Waals surface area contributed by atoms with Gasteiger partial charge in [-0.15, -0.1) is 0 Å². The summed E-state index contributed by atoms with van der Waals surface area (Å²) >= 11 is 0. The number of halogens is 2. The van der Waals surface area contributed by atoms with Crippen molar-refractivity contribution in [1.82, 2.24) is 0 Å². The second kappa shape index (κ2) is 7.11. The van der Waals surface area contributed by atoms with Crippen molar-refractivity contribution >= 4 is 13.7 Å². The predicted molar refractivity (Wildman–Crippen MR) is 75.9 cm³/mol. The lowest BCUT2D eigenvalue weighted by Gasteiger charge is -2.26. The summed E-state index contributed by atoms with van der Waals surface area (Å²) in [5.74, 6) is 0. The highest BCUT2D eigenvalue weighted by molar-refractivity contribution is 7.54. The molecule has 6 heteroatoms. The Morgan fingerprint density at radius 3 is 2.35 bits per heavy atom. The Labute approximate surface area is 118 Å². The Hall–Kier alpha value is -1.03. The monoisotopic (exact) mass is 304 g/mol. The number of allylic oxidation sites excluding steroid dienone is 1. The van der Waals surface area contributed by atoms with E-state index in [2.05, 4.69) is 0 Å². The van der Waals surface area contributed by atoms with Gasteiger partial charge in [0.2, 0.25) is 0 Å². The number of benzene rings is 1. The first-order valence-electron chi connectivity index (χ1n) is 6.41. The summed E-state index contributed by atoms with van der Waals surface area (Å²) in [7, 11) is -4.54. The molecule has 1 aromatic carbocycles. The molecule has 0 heterocycles. The van der Waals surface area contributed by atoms with Gasteiger partial charge in [-0.1, -0.05) is 30.4 Å². The van der Waals surface area contributed by atoms with Crippen LogP contribution in [0.3, 0.4) is 0 Å². The molecule has 0 amide bonds. The van der Waals surface area contributed by atoms with Crippen molar-refractivity contribution in [3.8, 4) is 0 Å². The van der Waals surface area contributed by atoms with E-state index in [1.54, 1.807) is 25.1 Å². The van der Waals surface area contributed by atoms with Gasteiger partial charge < -0.3 is 9.05 Å². The Bertz CT molecular complexity index is 505. The first-order valence-corrected chi connectivity index (χ1v) is 7.95. The van der Waals surface area contributed by atoms with Crippen LogP contribution in [0.2, 0.25) is 0 Å². The van der Waals surface area contributed by atoms with Gasteiger partial charge in [0.05, 0.1) is 13.2 Å². The quantitative estimate of drug-likeness (QED) is 0.662. The van der Waals surface area contributed by atoms with Gasteiger partial charge in [-0.2, -0.15) is 8.78 Å². The van der Waals surface area contributed by atoms with Crippen molar-refractivity contribution in [2.45, 2.75) is 26.4 Å². The Morgan fingerprint density at radius 2 is 1.85 bits per heavy atom. The van der Waals surface area contributed by atoms with Crippen LogP contribution in [0.25, 0.3) is 6.08 Å². The van der Waals surface area contributed by atoms with Crippen molar-refractivity contribution in [2.75, 3.05) is 13.2 Å². The van der Waals surface area contributed by atoms with Gasteiger partial charge >= 0.3 is 13.3 Å². The van der Waals surface area contributed by atoms with Gasteiger partial charge in [0, 0.05) is 5.56 Å². The third kappa shape index (κ3) is 3.54. The highest BCUT2D eigenvalue weighted by Gasteiger charge is 2.54. The van der Waals surface area contributed by atoms with Gasteiger partial charge in [-0.3, -0.25) is 4.57 Å². The molecule has 0 N–H and O–H groups in total. The molecule has 0 bridgehead atoms. The van der Waals surface area contributed by atoms with Crippen LogP contribution < -0.4 is 0 Å². The molecule has 3 nitrogen and oxygen atoms in total. The second-order valence-corrected chi connectivity index (χ2v) is 6.07. The maximum atomic E-state index is 14.5. The molecule has 0 atom stereocenters. The first-order chi connectivity index (χ1) is 9.41.